The van der Waals surface area contributed by atoms with Crippen LogP contribution >= 0.6 is 12.2 Å². The lowest BCUT2D eigenvalue weighted by Crippen LogP contribution is -2.48. The normalized spacial score (nSPS) is 10.2. The summed E-state index contributed by atoms with van der Waals surface area (Å²) >= 11 is 5.16. The highest BCUT2D eigenvalue weighted by atomic mass is 32.1. The zero-order chi connectivity index (χ0) is 26.6. The third-order valence-corrected chi connectivity index (χ3v) is 5.71. The number of hydrogen-bond acceptors (Lipinski definition) is 5. The average Bonchev–Trinajstić information content (AvgIpc) is 2.96. The zero-order valence-electron chi connectivity index (χ0n) is 20.6. The van der Waals surface area contributed by atoms with Gasteiger partial charge in [-0.15, -0.1) is 0 Å². The van der Waals surface area contributed by atoms with Gasteiger partial charge in [0.15, 0.2) is 5.11 Å². The summed E-state index contributed by atoms with van der Waals surface area (Å²) in [6.45, 7) is 0.855. The molecule has 0 heterocycles. The molecule has 0 bridgehead atoms. The van der Waals surface area contributed by atoms with Gasteiger partial charge < -0.3 is 9.47 Å². The van der Waals surface area contributed by atoms with Gasteiger partial charge in [-0.2, -0.15) is 0 Å². The highest BCUT2D eigenvalue weighted by molar-refractivity contribution is 7.80. The van der Waals surface area contributed by atoms with E-state index in [1.807, 2.05) is 48.5 Å². The average molecular weight is 526 g/mol. The number of rotatable bonds is 9. The maximum atomic E-state index is 12.7. The molecular weight excluding hydrogens is 498 g/mol. The van der Waals surface area contributed by atoms with Crippen molar-refractivity contribution in [3.63, 3.8) is 0 Å². The van der Waals surface area contributed by atoms with Gasteiger partial charge >= 0.3 is 0 Å². The number of para-hydroxylation sites is 1. The summed E-state index contributed by atoms with van der Waals surface area (Å²) in [6.07, 6.45) is 0.790. The van der Waals surface area contributed by atoms with E-state index in [0.29, 0.717) is 35.8 Å². The number of hydrogen-bond donors (Lipinski definition) is 3. The Morgan fingerprint density at radius 3 is 2.00 bits per heavy atom. The lowest BCUT2D eigenvalue weighted by Gasteiger charge is -2.14. The van der Waals surface area contributed by atoms with Crippen molar-refractivity contribution in [2.24, 2.45) is 0 Å². The minimum absolute atomic E-state index is 0.0470. The molecule has 0 saturated carbocycles. The van der Waals surface area contributed by atoms with Crippen LogP contribution in [0.3, 0.4) is 0 Å². The minimum Gasteiger partial charge on any atom is -0.493 e. The topological polar surface area (TPSA) is 88.7 Å². The Balaban J connectivity index is 1.22. The van der Waals surface area contributed by atoms with Crippen LogP contribution < -0.4 is 25.6 Å². The maximum Gasteiger partial charge on any atom is 0.273 e. The zero-order valence-corrected chi connectivity index (χ0v) is 21.4. The number of nitrogens with one attached hydrogen (secondary N) is 3. The van der Waals surface area contributed by atoms with Crippen LogP contribution in [0.1, 0.15) is 31.8 Å². The molecule has 0 aliphatic heterocycles. The van der Waals surface area contributed by atoms with Gasteiger partial charge in [0.05, 0.1) is 12.2 Å². The molecule has 4 aromatic carbocycles. The van der Waals surface area contributed by atoms with E-state index in [2.05, 4.69) is 28.3 Å². The molecule has 4 aromatic rings. The SMILES string of the molecule is O=C(NC(=S)NNC(=O)c1ccccc1OCc1ccccc1)c1ccc(OCCc2ccccc2)cc1. The third-order valence-electron chi connectivity index (χ3n) is 5.50. The second-order valence-corrected chi connectivity index (χ2v) is 8.65. The summed E-state index contributed by atoms with van der Waals surface area (Å²) in [4.78, 5) is 25.3. The van der Waals surface area contributed by atoms with Crippen molar-refractivity contribution >= 4 is 29.1 Å². The predicted octanol–water partition coefficient (Wildman–Crippen LogP) is 4.84. The molecule has 0 radical (unpaired) electrons. The van der Waals surface area contributed by atoms with E-state index in [1.54, 1.807) is 48.5 Å². The second kappa shape index (κ2) is 13.6. The number of carbonyl (C=O) groups is 2. The van der Waals surface area contributed by atoms with Gasteiger partial charge in [0.1, 0.15) is 18.1 Å². The summed E-state index contributed by atoms with van der Waals surface area (Å²) in [5.74, 6) is 0.219. The third kappa shape index (κ3) is 7.91. The lowest BCUT2D eigenvalue weighted by atomic mass is 10.2. The number of thiocarbonyl (C=S) groups is 1. The summed E-state index contributed by atoms with van der Waals surface area (Å²) < 4.78 is 11.6. The fourth-order valence-electron chi connectivity index (χ4n) is 3.54. The van der Waals surface area contributed by atoms with E-state index in [-0.39, 0.29) is 5.11 Å². The number of amides is 2. The van der Waals surface area contributed by atoms with Crippen LogP contribution in [0, 0.1) is 0 Å². The molecule has 0 spiro atoms. The Morgan fingerprint density at radius 1 is 0.658 bits per heavy atom. The molecule has 0 aliphatic carbocycles. The van der Waals surface area contributed by atoms with Crippen molar-refractivity contribution < 1.29 is 19.1 Å². The molecule has 3 N–H and O–H groups in total. The molecule has 2 amide bonds. The number of ether oxygens (including phenoxy) is 2. The fraction of sp³-hybridized carbons (Fsp3) is 0.100. The summed E-state index contributed by atoms with van der Waals surface area (Å²) in [5.41, 5.74) is 7.95. The largest absolute Gasteiger partial charge is 0.493 e. The fourth-order valence-corrected chi connectivity index (χ4v) is 3.68. The first kappa shape index (κ1) is 26.4. The smallest absolute Gasteiger partial charge is 0.273 e. The van der Waals surface area contributed by atoms with E-state index in [1.165, 1.54) is 5.56 Å². The molecule has 0 atom stereocenters. The number of benzene rings is 4. The summed E-state index contributed by atoms with van der Waals surface area (Å²) in [6, 6.07) is 33.4. The van der Waals surface area contributed by atoms with Crippen LogP contribution in [0.2, 0.25) is 0 Å². The van der Waals surface area contributed by atoms with Crippen molar-refractivity contribution in [2.75, 3.05) is 6.61 Å². The van der Waals surface area contributed by atoms with Gasteiger partial charge in [-0.1, -0.05) is 72.8 Å². The molecule has 0 fully saturated rings. The lowest BCUT2D eigenvalue weighted by molar-refractivity contribution is 0.0930. The van der Waals surface area contributed by atoms with E-state index in [9.17, 15) is 9.59 Å². The van der Waals surface area contributed by atoms with Gasteiger partial charge in [0.25, 0.3) is 11.8 Å². The van der Waals surface area contributed by atoms with Gasteiger partial charge in [-0.3, -0.25) is 25.8 Å². The monoisotopic (exact) mass is 525 g/mol. The molecule has 0 aliphatic rings. The van der Waals surface area contributed by atoms with Crippen LogP contribution in [0.4, 0.5) is 0 Å². The molecule has 4 rings (SSSR count). The summed E-state index contributed by atoms with van der Waals surface area (Å²) in [5, 5.41) is 2.50. The van der Waals surface area contributed by atoms with Crippen molar-refractivity contribution in [3.05, 3.63) is 131 Å². The first-order valence-electron chi connectivity index (χ1n) is 12.0. The second-order valence-electron chi connectivity index (χ2n) is 8.24. The molecule has 8 heteroatoms. The van der Waals surface area contributed by atoms with Crippen LogP contribution in [0.25, 0.3) is 0 Å². The molecule has 192 valence electrons. The van der Waals surface area contributed by atoms with E-state index in [0.717, 1.165) is 12.0 Å². The Kier molecular flexibility index (Phi) is 9.42. The Bertz CT molecular complexity index is 1360. The molecule has 0 saturated heterocycles. The van der Waals surface area contributed by atoms with Crippen molar-refractivity contribution in [3.8, 4) is 11.5 Å². The van der Waals surface area contributed by atoms with Crippen molar-refractivity contribution in [1.82, 2.24) is 16.2 Å². The van der Waals surface area contributed by atoms with Crippen LogP contribution in [0.15, 0.2) is 109 Å². The predicted molar refractivity (Wildman–Crippen MR) is 150 cm³/mol. The van der Waals surface area contributed by atoms with Crippen LogP contribution in [-0.4, -0.2) is 23.5 Å². The minimum atomic E-state index is -0.456. The summed E-state index contributed by atoms with van der Waals surface area (Å²) in [7, 11) is 0. The quantitative estimate of drug-likeness (QED) is 0.214. The number of hydrazine groups is 1. The van der Waals surface area contributed by atoms with Gasteiger partial charge in [-0.05, 0) is 59.7 Å². The molecular formula is C30H27N3O4S. The van der Waals surface area contributed by atoms with Crippen LogP contribution in [0.5, 0.6) is 11.5 Å². The standard InChI is InChI=1S/C30H27N3O4S/c34-28(24-15-17-25(18-16-24)36-20-19-22-9-3-1-4-10-22)31-30(38)33-32-29(35)26-13-7-8-14-27(26)37-21-23-11-5-2-6-12-23/h1-18H,19-21H2,(H,32,35)(H2,31,33,34,38). The highest BCUT2D eigenvalue weighted by Crippen LogP contribution is 2.19. The molecule has 0 unspecified atom stereocenters. The Hall–Kier alpha value is -4.69. The first-order valence-corrected chi connectivity index (χ1v) is 12.4. The van der Waals surface area contributed by atoms with E-state index >= 15 is 0 Å². The maximum absolute atomic E-state index is 12.7. The first-order chi connectivity index (χ1) is 18.6. The van der Waals surface area contributed by atoms with Gasteiger partial charge in [0.2, 0.25) is 0 Å². The van der Waals surface area contributed by atoms with Crippen molar-refractivity contribution in [1.29, 1.82) is 0 Å². The van der Waals surface area contributed by atoms with Gasteiger partial charge in [-0.25, -0.2) is 0 Å². The van der Waals surface area contributed by atoms with E-state index < -0.39 is 11.8 Å². The van der Waals surface area contributed by atoms with Gasteiger partial charge in [0, 0.05) is 12.0 Å². The highest BCUT2D eigenvalue weighted by Gasteiger charge is 2.14. The molecule has 0 aromatic heterocycles. The Morgan fingerprint density at radius 2 is 1.29 bits per heavy atom. The van der Waals surface area contributed by atoms with Crippen LogP contribution in [-0.2, 0) is 13.0 Å². The molecule has 7 nitrogen and oxygen atoms in total. The number of carbonyl (C=O) groups excluding carboxylic acids is 2. The van der Waals surface area contributed by atoms with E-state index in [4.69, 9.17) is 21.7 Å². The molecule has 38 heavy (non-hydrogen) atoms. The van der Waals surface area contributed by atoms with Crippen molar-refractivity contribution in [2.45, 2.75) is 13.0 Å². The Labute approximate surface area is 226 Å².